The second kappa shape index (κ2) is 5.04. The van der Waals surface area contributed by atoms with E-state index in [1.165, 1.54) is 35.9 Å². The van der Waals surface area contributed by atoms with Crippen LogP contribution in [0, 0.1) is 0 Å². The minimum Gasteiger partial charge on any atom is -0.219 e. The lowest BCUT2D eigenvalue weighted by Gasteiger charge is -2.24. The Morgan fingerprint density at radius 3 is 2.47 bits per heavy atom. The zero-order chi connectivity index (χ0) is 11.8. The molecule has 1 nitrogen and oxygen atoms in total. The molecule has 2 heterocycles. The highest BCUT2D eigenvalue weighted by molar-refractivity contribution is 8.52. The molecular weight excluding hydrogens is 293 g/mol. The molecule has 0 aromatic heterocycles. The van der Waals surface area contributed by atoms with Gasteiger partial charge in [0.2, 0.25) is 0 Å². The summed E-state index contributed by atoms with van der Waals surface area (Å²) in [7, 11) is 0. The summed E-state index contributed by atoms with van der Waals surface area (Å²) in [6, 6.07) is 5.78. The molecule has 3 rings (SSSR count). The molecule has 0 atom stereocenters. The van der Waals surface area contributed by atoms with Gasteiger partial charge in [0.25, 0.3) is 4.38 Å². The number of thioether (sulfide) groups is 2. The Bertz CT molecular complexity index is 471. The number of nitrogens with zero attached hydrogens (tertiary/aromatic N) is 1. The molecule has 0 bridgehead atoms. The third kappa shape index (κ3) is 2.48. The Kier molecular flexibility index (Phi) is 3.62. The van der Waals surface area contributed by atoms with Crippen LogP contribution in [0.25, 0.3) is 0 Å². The van der Waals surface area contributed by atoms with Crippen molar-refractivity contribution in [1.29, 1.82) is 0 Å². The third-order valence-electron chi connectivity index (χ3n) is 3.00. The van der Waals surface area contributed by atoms with Gasteiger partial charge < -0.3 is 0 Å². The van der Waals surface area contributed by atoms with Crippen LogP contribution in [0.5, 0.6) is 0 Å². The molecule has 0 N–H and O–H groups in total. The van der Waals surface area contributed by atoms with Gasteiger partial charge in [-0.1, -0.05) is 29.3 Å². The Morgan fingerprint density at radius 2 is 1.82 bits per heavy atom. The molecule has 5 heteroatoms. The van der Waals surface area contributed by atoms with E-state index in [4.69, 9.17) is 23.2 Å². The summed E-state index contributed by atoms with van der Waals surface area (Å²) in [6.07, 6.45) is 2.66. The van der Waals surface area contributed by atoms with Crippen LogP contribution in [0.4, 0.5) is 0 Å². The summed E-state index contributed by atoms with van der Waals surface area (Å²) < 4.78 is 4.38. The maximum atomic E-state index is 6.21. The number of halogens is 2. The van der Waals surface area contributed by atoms with E-state index in [1.807, 2.05) is 41.7 Å². The van der Waals surface area contributed by atoms with Crippen molar-refractivity contribution in [3.8, 4) is 0 Å². The van der Waals surface area contributed by atoms with E-state index < -0.39 is 0 Å². The monoisotopic (exact) mass is 304 g/mol. The number of hydrogen-bond acceptors (Lipinski definition) is 2. The number of hydrogen-bond donors (Lipinski definition) is 0. The average Bonchev–Trinajstić information content (AvgIpc) is 2.72. The van der Waals surface area contributed by atoms with Crippen LogP contribution in [-0.4, -0.2) is 22.0 Å². The maximum absolute atomic E-state index is 6.21. The van der Waals surface area contributed by atoms with E-state index >= 15 is 0 Å². The van der Waals surface area contributed by atoms with Gasteiger partial charge in [0, 0.05) is 22.9 Å². The van der Waals surface area contributed by atoms with E-state index in [0.29, 0.717) is 9.60 Å². The lowest BCUT2D eigenvalue weighted by Crippen LogP contribution is -2.20. The minimum absolute atomic E-state index is 0.440. The predicted molar refractivity (Wildman–Crippen MR) is 78.6 cm³/mol. The first kappa shape index (κ1) is 12.2. The first-order valence-electron chi connectivity index (χ1n) is 5.64. The Hall–Kier alpha value is 0.170. The number of rotatable bonds is 1. The maximum Gasteiger partial charge on any atom is 0.272 e. The summed E-state index contributed by atoms with van der Waals surface area (Å²) in [5.74, 6) is 0. The summed E-state index contributed by atoms with van der Waals surface area (Å²) in [6.45, 7) is 2.44. The van der Waals surface area contributed by atoms with E-state index in [-0.39, 0.29) is 0 Å². The van der Waals surface area contributed by atoms with Crippen molar-refractivity contribution in [2.45, 2.75) is 17.4 Å². The van der Waals surface area contributed by atoms with E-state index in [1.54, 1.807) is 0 Å². The van der Waals surface area contributed by atoms with Crippen LogP contribution in [-0.2, 0) is 0 Å². The SMILES string of the molecule is Clc1ccc(C2SC(=[N+]3CCCC3)S2)c(Cl)c1. The smallest absolute Gasteiger partial charge is 0.219 e. The molecule has 0 amide bonds. The lowest BCUT2D eigenvalue weighted by molar-refractivity contribution is -0.500. The van der Waals surface area contributed by atoms with Crippen LogP contribution in [0.15, 0.2) is 18.2 Å². The van der Waals surface area contributed by atoms with Crippen molar-refractivity contribution < 1.29 is 4.58 Å². The van der Waals surface area contributed by atoms with Gasteiger partial charge in [-0.25, -0.2) is 4.58 Å². The van der Waals surface area contributed by atoms with Crippen molar-refractivity contribution in [3.63, 3.8) is 0 Å². The Labute approximate surface area is 120 Å². The molecule has 1 aromatic rings. The molecule has 1 aromatic carbocycles. The van der Waals surface area contributed by atoms with Crippen LogP contribution in [0.1, 0.15) is 23.0 Å². The molecule has 2 aliphatic heterocycles. The van der Waals surface area contributed by atoms with Crippen LogP contribution < -0.4 is 0 Å². The molecule has 0 radical (unpaired) electrons. The zero-order valence-corrected chi connectivity index (χ0v) is 12.3. The largest absolute Gasteiger partial charge is 0.272 e. The van der Waals surface area contributed by atoms with Gasteiger partial charge in [-0.2, -0.15) is 0 Å². The fourth-order valence-electron chi connectivity index (χ4n) is 2.06. The van der Waals surface area contributed by atoms with Crippen LogP contribution >= 0.6 is 46.7 Å². The van der Waals surface area contributed by atoms with Crippen molar-refractivity contribution in [2.75, 3.05) is 13.1 Å². The van der Waals surface area contributed by atoms with Crippen molar-refractivity contribution in [3.05, 3.63) is 33.8 Å². The highest BCUT2D eigenvalue weighted by atomic mass is 35.5. The molecule has 2 aliphatic rings. The normalized spacial score (nSPS) is 24.0. The predicted octanol–water partition coefficient (Wildman–Crippen LogP) is 4.63. The molecule has 17 heavy (non-hydrogen) atoms. The van der Waals surface area contributed by atoms with Crippen molar-refractivity contribution in [2.24, 2.45) is 0 Å². The molecule has 0 spiro atoms. The summed E-state index contributed by atoms with van der Waals surface area (Å²) in [4.78, 5) is 0. The Morgan fingerprint density at radius 1 is 1.12 bits per heavy atom. The third-order valence-corrected chi connectivity index (χ3v) is 6.57. The van der Waals surface area contributed by atoms with Gasteiger partial charge in [-0.15, -0.1) is 0 Å². The minimum atomic E-state index is 0.440. The van der Waals surface area contributed by atoms with E-state index in [0.717, 1.165) is 5.02 Å². The molecule has 0 saturated carbocycles. The molecule has 0 unspecified atom stereocenters. The van der Waals surface area contributed by atoms with Gasteiger partial charge >= 0.3 is 0 Å². The molecular formula is C12H12Cl2NS2+. The topological polar surface area (TPSA) is 3.01 Å². The highest BCUT2D eigenvalue weighted by Crippen LogP contribution is 2.55. The van der Waals surface area contributed by atoms with Gasteiger partial charge in [0.1, 0.15) is 13.1 Å². The first-order chi connectivity index (χ1) is 8.24. The van der Waals surface area contributed by atoms with Gasteiger partial charge in [0.05, 0.1) is 4.58 Å². The summed E-state index contributed by atoms with van der Waals surface area (Å²) >= 11 is 16.0. The van der Waals surface area contributed by atoms with E-state index in [2.05, 4.69) is 4.58 Å². The molecule has 2 saturated heterocycles. The first-order valence-corrected chi connectivity index (χ1v) is 8.16. The van der Waals surface area contributed by atoms with Crippen molar-refractivity contribution in [1.82, 2.24) is 0 Å². The average molecular weight is 305 g/mol. The van der Waals surface area contributed by atoms with Gasteiger partial charge in [-0.3, -0.25) is 0 Å². The second-order valence-corrected chi connectivity index (χ2v) is 7.78. The summed E-state index contributed by atoms with van der Waals surface area (Å²) in [5, 5.41) is 1.49. The Balaban J connectivity index is 1.74. The lowest BCUT2D eigenvalue weighted by atomic mass is 10.2. The zero-order valence-electron chi connectivity index (χ0n) is 9.16. The molecule has 90 valence electrons. The van der Waals surface area contributed by atoms with Crippen LogP contribution in [0.2, 0.25) is 10.0 Å². The number of benzene rings is 1. The summed E-state index contributed by atoms with van der Waals surface area (Å²) in [5.41, 5.74) is 1.19. The molecule has 0 aliphatic carbocycles. The fraction of sp³-hybridized carbons (Fsp3) is 0.417. The van der Waals surface area contributed by atoms with Crippen molar-refractivity contribution >= 4 is 51.1 Å². The van der Waals surface area contributed by atoms with Crippen LogP contribution in [0.3, 0.4) is 0 Å². The quantitative estimate of drug-likeness (QED) is 0.696. The van der Waals surface area contributed by atoms with Gasteiger partial charge in [-0.05, 0) is 41.2 Å². The second-order valence-electron chi connectivity index (χ2n) is 4.19. The highest BCUT2D eigenvalue weighted by Gasteiger charge is 2.38. The fourth-order valence-corrected chi connectivity index (χ4v) is 5.26. The van der Waals surface area contributed by atoms with E-state index in [9.17, 15) is 0 Å². The van der Waals surface area contributed by atoms with Gasteiger partial charge in [0.15, 0.2) is 0 Å². The molecule has 2 fully saturated rings. The standard InChI is InChI=1S/C12H12Cl2NS2/c13-8-3-4-9(10(14)7-8)11-16-12(17-11)15-5-1-2-6-15/h3-4,7,11H,1-2,5-6H2/q+1.